The van der Waals surface area contributed by atoms with E-state index >= 15 is 0 Å². The Morgan fingerprint density at radius 3 is 2.90 bits per heavy atom. The van der Waals surface area contributed by atoms with Crippen LogP contribution < -0.4 is 5.32 Å². The molecular formula is C16H27N3O. The van der Waals surface area contributed by atoms with Gasteiger partial charge in [0.1, 0.15) is 0 Å². The summed E-state index contributed by atoms with van der Waals surface area (Å²) in [6.07, 6.45) is 6.00. The molecule has 0 aliphatic carbocycles. The first kappa shape index (κ1) is 15.4. The van der Waals surface area contributed by atoms with Crippen LogP contribution in [0.4, 0.5) is 0 Å². The zero-order valence-corrected chi connectivity index (χ0v) is 12.7. The van der Waals surface area contributed by atoms with Crippen LogP contribution in [-0.2, 0) is 11.2 Å². The summed E-state index contributed by atoms with van der Waals surface area (Å²) in [5.41, 5.74) is 1.36. The SMILES string of the molecule is CCCNC1COCC1CN(C)CCc1ccncc1. The number of hydrogen-bond donors (Lipinski definition) is 1. The molecule has 4 heteroatoms. The quantitative estimate of drug-likeness (QED) is 0.783. The molecule has 1 aliphatic rings. The lowest BCUT2D eigenvalue weighted by Gasteiger charge is -2.24. The summed E-state index contributed by atoms with van der Waals surface area (Å²) in [4.78, 5) is 6.47. The monoisotopic (exact) mass is 277 g/mol. The molecule has 112 valence electrons. The van der Waals surface area contributed by atoms with Crippen molar-refractivity contribution in [1.82, 2.24) is 15.2 Å². The molecule has 1 aromatic heterocycles. The predicted octanol–water partition coefficient (Wildman–Crippen LogP) is 1.57. The molecule has 0 aromatic carbocycles. The van der Waals surface area contributed by atoms with Gasteiger partial charge >= 0.3 is 0 Å². The van der Waals surface area contributed by atoms with Gasteiger partial charge in [-0.2, -0.15) is 0 Å². The molecule has 0 radical (unpaired) electrons. The van der Waals surface area contributed by atoms with Crippen molar-refractivity contribution in [3.05, 3.63) is 30.1 Å². The Morgan fingerprint density at radius 1 is 1.35 bits per heavy atom. The van der Waals surface area contributed by atoms with Crippen molar-refractivity contribution in [3.63, 3.8) is 0 Å². The first-order valence-corrected chi connectivity index (χ1v) is 7.68. The second-order valence-electron chi connectivity index (χ2n) is 5.73. The summed E-state index contributed by atoms with van der Waals surface area (Å²) >= 11 is 0. The molecule has 1 fully saturated rings. The van der Waals surface area contributed by atoms with Crippen molar-refractivity contribution in [1.29, 1.82) is 0 Å². The maximum absolute atomic E-state index is 5.63. The van der Waals surface area contributed by atoms with Crippen LogP contribution >= 0.6 is 0 Å². The normalized spacial score (nSPS) is 22.6. The molecule has 2 unspecified atom stereocenters. The summed E-state index contributed by atoms with van der Waals surface area (Å²) < 4.78 is 5.63. The van der Waals surface area contributed by atoms with E-state index in [0.717, 1.165) is 39.3 Å². The van der Waals surface area contributed by atoms with Crippen LogP contribution in [0.2, 0.25) is 0 Å². The minimum atomic E-state index is 0.526. The summed E-state index contributed by atoms with van der Waals surface area (Å²) in [7, 11) is 2.20. The van der Waals surface area contributed by atoms with Gasteiger partial charge in [0, 0.05) is 37.4 Å². The maximum Gasteiger partial charge on any atom is 0.0623 e. The maximum atomic E-state index is 5.63. The lowest BCUT2D eigenvalue weighted by atomic mass is 10.0. The zero-order chi connectivity index (χ0) is 14.2. The highest BCUT2D eigenvalue weighted by Crippen LogP contribution is 2.15. The number of ether oxygens (including phenoxy) is 1. The Balaban J connectivity index is 1.72. The minimum absolute atomic E-state index is 0.526. The van der Waals surface area contributed by atoms with E-state index in [9.17, 15) is 0 Å². The van der Waals surface area contributed by atoms with E-state index in [4.69, 9.17) is 4.74 Å². The molecule has 1 saturated heterocycles. The lowest BCUT2D eigenvalue weighted by molar-refractivity contribution is 0.173. The van der Waals surface area contributed by atoms with Crippen LogP contribution in [-0.4, -0.2) is 55.8 Å². The highest BCUT2D eigenvalue weighted by molar-refractivity contribution is 5.09. The second-order valence-corrected chi connectivity index (χ2v) is 5.73. The van der Waals surface area contributed by atoms with Crippen molar-refractivity contribution in [3.8, 4) is 0 Å². The van der Waals surface area contributed by atoms with Gasteiger partial charge in [-0.3, -0.25) is 4.98 Å². The van der Waals surface area contributed by atoms with E-state index in [2.05, 4.69) is 41.3 Å². The molecular weight excluding hydrogens is 250 g/mol. The number of rotatable bonds is 8. The van der Waals surface area contributed by atoms with E-state index in [-0.39, 0.29) is 0 Å². The first-order chi connectivity index (χ1) is 9.79. The predicted molar refractivity (Wildman–Crippen MR) is 81.8 cm³/mol. The molecule has 0 saturated carbocycles. The number of nitrogens with one attached hydrogen (secondary N) is 1. The molecule has 2 atom stereocenters. The fourth-order valence-corrected chi connectivity index (χ4v) is 2.69. The largest absolute Gasteiger partial charge is 0.379 e. The van der Waals surface area contributed by atoms with Gasteiger partial charge in [0.2, 0.25) is 0 Å². The van der Waals surface area contributed by atoms with Gasteiger partial charge in [0.15, 0.2) is 0 Å². The Bertz CT molecular complexity index is 371. The molecule has 1 aromatic rings. The Hall–Kier alpha value is -0.970. The van der Waals surface area contributed by atoms with Crippen molar-refractivity contribution in [2.75, 3.05) is 39.9 Å². The second kappa shape index (κ2) is 8.35. The van der Waals surface area contributed by atoms with Crippen LogP contribution in [0.25, 0.3) is 0 Å². The summed E-state index contributed by atoms with van der Waals surface area (Å²) in [6.45, 7) is 7.24. The molecule has 2 heterocycles. The van der Waals surface area contributed by atoms with Gasteiger partial charge in [0.05, 0.1) is 13.2 Å². The van der Waals surface area contributed by atoms with Gasteiger partial charge in [-0.15, -0.1) is 0 Å². The standard InChI is InChI=1S/C16H27N3O/c1-3-7-18-16-13-20-12-15(16)11-19(2)10-6-14-4-8-17-9-5-14/h4-5,8-9,15-16,18H,3,6-7,10-13H2,1-2H3. The molecule has 1 N–H and O–H groups in total. The van der Waals surface area contributed by atoms with E-state index in [1.807, 2.05) is 12.4 Å². The fraction of sp³-hybridized carbons (Fsp3) is 0.688. The molecule has 4 nitrogen and oxygen atoms in total. The number of hydrogen-bond acceptors (Lipinski definition) is 4. The topological polar surface area (TPSA) is 37.4 Å². The molecule has 2 rings (SSSR count). The fourth-order valence-electron chi connectivity index (χ4n) is 2.69. The summed E-state index contributed by atoms with van der Waals surface area (Å²) in [5, 5.41) is 3.60. The molecule has 0 bridgehead atoms. The number of pyridine rings is 1. The Labute approximate surface area is 122 Å². The van der Waals surface area contributed by atoms with Crippen LogP contribution in [0.1, 0.15) is 18.9 Å². The van der Waals surface area contributed by atoms with Gasteiger partial charge < -0.3 is 15.0 Å². The third-order valence-corrected chi connectivity index (χ3v) is 3.93. The third kappa shape index (κ3) is 4.85. The highest BCUT2D eigenvalue weighted by atomic mass is 16.5. The van der Waals surface area contributed by atoms with Gasteiger partial charge in [-0.1, -0.05) is 6.92 Å². The average Bonchev–Trinajstić information content (AvgIpc) is 2.91. The van der Waals surface area contributed by atoms with Crippen molar-refractivity contribution >= 4 is 0 Å². The molecule has 0 amide bonds. The highest BCUT2D eigenvalue weighted by Gasteiger charge is 2.28. The molecule has 1 aliphatic heterocycles. The van der Waals surface area contributed by atoms with Crippen LogP contribution in [0.3, 0.4) is 0 Å². The van der Waals surface area contributed by atoms with Crippen LogP contribution in [0.15, 0.2) is 24.5 Å². The number of likely N-dealkylation sites (N-methyl/N-ethyl adjacent to an activating group) is 1. The van der Waals surface area contributed by atoms with Gasteiger partial charge in [-0.05, 0) is 44.1 Å². The zero-order valence-electron chi connectivity index (χ0n) is 12.7. The Morgan fingerprint density at radius 2 is 2.15 bits per heavy atom. The van der Waals surface area contributed by atoms with Crippen molar-refractivity contribution < 1.29 is 4.74 Å². The van der Waals surface area contributed by atoms with E-state index in [1.165, 1.54) is 12.0 Å². The first-order valence-electron chi connectivity index (χ1n) is 7.68. The average molecular weight is 277 g/mol. The summed E-state index contributed by atoms with van der Waals surface area (Å²) in [6, 6.07) is 4.72. The number of nitrogens with zero attached hydrogens (tertiary/aromatic N) is 2. The minimum Gasteiger partial charge on any atom is -0.379 e. The van der Waals surface area contributed by atoms with Crippen LogP contribution in [0, 0.1) is 5.92 Å². The van der Waals surface area contributed by atoms with Crippen LogP contribution in [0.5, 0.6) is 0 Å². The summed E-state index contributed by atoms with van der Waals surface area (Å²) in [5.74, 6) is 0.615. The Kier molecular flexibility index (Phi) is 6.43. The third-order valence-electron chi connectivity index (χ3n) is 3.93. The van der Waals surface area contributed by atoms with Gasteiger partial charge in [0.25, 0.3) is 0 Å². The van der Waals surface area contributed by atoms with E-state index < -0.39 is 0 Å². The lowest BCUT2D eigenvalue weighted by Crippen LogP contribution is -2.41. The molecule has 20 heavy (non-hydrogen) atoms. The van der Waals surface area contributed by atoms with Gasteiger partial charge in [-0.25, -0.2) is 0 Å². The van der Waals surface area contributed by atoms with E-state index in [1.54, 1.807) is 0 Å². The number of aromatic nitrogens is 1. The van der Waals surface area contributed by atoms with E-state index in [0.29, 0.717) is 12.0 Å². The smallest absolute Gasteiger partial charge is 0.0623 e. The van der Waals surface area contributed by atoms with Crippen molar-refractivity contribution in [2.24, 2.45) is 5.92 Å². The molecule has 0 spiro atoms. The van der Waals surface area contributed by atoms with Crippen molar-refractivity contribution in [2.45, 2.75) is 25.8 Å².